The summed E-state index contributed by atoms with van der Waals surface area (Å²) >= 11 is 34.0. The van der Waals surface area contributed by atoms with E-state index in [4.69, 9.17) is 69.6 Å². The summed E-state index contributed by atoms with van der Waals surface area (Å²) in [6.45, 7) is 0. The lowest BCUT2D eigenvalue weighted by Crippen LogP contribution is -2.05. The number of hydrogen-bond acceptors (Lipinski definition) is 0. The Kier molecular flexibility index (Phi) is 4.14. The Labute approximate surface area is 112 Å². The van der Waals surface area contributed by atoms with Crippen LogP contribution in [0, 0.1) is 6.07 Å². The highest BCUT2D eigenvalue weighted by Crippen LogP contribution is 2.42. The molecular weight excluding hydrogens is 309 g/mol. The van der Waals surface area contributed by atoms with E-state index in [-0.39, 0.29) is 0 Å². The molecule has 1 rings (SSSR count). The second-order valence-corrected chi connectivity index (χ2v) is 7.05. The lowest BCUT2D eigenvalue weighted by atomic mass is 10.1. The highest BCUT2D eigenvalue weighted by molar-refractivity contribution is 6.67. The molecule has 0 aliphatic heterocycles. The summed E-state index contributed by atoms with van der Waals surface area (Å²) < 4.78 is -3.09. The third-order valence-electron chi connectivity index (χ3n) is 1.43. The summed E-state index contributed by atoms with van der Waals surface area (Å²) in [6, 6.07) is 7.36. The van der Waals surface area contributed by atoms with Crippen molar-refractivity contribution in [1.29, 1.82) is 0 Å². The van der Waals surface area contributed by atoms with Gasteiger partial charge in [0, 0.05) is 11.1 Å². The Morgan fingerprint density at radius 1 is 0.929 bits per heavy atom. The van der Waals surface area contributed by atoms with Gasteiger partial charge in [-0.15, -0.1) is 0 Å². The molecule has 0 fully saturated rings. The number of hydrogen-bond donors (Lipinski definition) is 0. The maximum Gasteiger partial charge on any atom is 0.216 e. The van der Waals surface area contributed by atoms with Gasteiger partial charge < -0.3 is 0 Å². The third-order valence-corrected chi connectivity index (χ3v) is 2.70. The molecule has 0 bridgehead atoms. The lowest BCUT2D eigenvalue weighted by molar-refractivity contribution is 1.17. The van der Waals surface area contributed by atoms with Crippen LogP contribution in [-0.2, 0) is 7.59 Å². The Balaban J connectivity index is 3.15. The number of rotatable bonds is 0. The molecule has 0 N–H and O–H groups in total. The quantitative estimate of drug-likeness (QED) is 0.582. The van der Waals surface area contributed by atoms with E-state index < -0.39 is 7.59 Å². The molecule has 0 saturated heterocycles. The van der Waals surface area contributed by atoms with Gasteiger partial charge >= 0.3 is 0 Å². The molecule has 6 heteroatoms. The molecule has 0 unspecified atom stereocenters. The fraction of sp³-hybridized carbons (Fsp3) is 0.250. The molecule has 0 amide bonds. The van der Waals surface area contributed by atoms with Crippen LogP contribution < -0.4 is 0 Å². The van der Waals surface area contributed by atoms with Gasteiger partial charge in [0.05, 0.1) is 0 Å². The van der Waals surface area contributed by atoms with Gasteiger partial charge in [-0.2, -0.15) is 0 Å². The SMILES string of the molecule is ClC(Cl)(Cl)c1[c]ccc(C(Cl)(Cl)Cl)c1. The topological polar surface area (TPSA) is 0 Å². The van der Waals surface area contributed by atoms with Crippen molar-refractivity contribution in [3.8, 4) is 0 Å². The van der Waals surface area contributed by atoms with Crippen LogP contribution >= 0.6 is 69.6 Å². The van der Waals surface area contributed by atoms with Crippen LogP contribution in [0.1, 0.15) is 11.1 Å². The van der Waals surface area contributed by atoms with E-state index in [1.807, 2.05) is 0 Å². The van der Waals surface area contributed by atoms with E-state index in [1.54, 1.807) is 6.07 Å². The van der Waals surface area contributed by atoms with Crippen LogP contribution in [0.4, 0.5) is 0 Å². The van der Waals surface area contributed by atoms with Gasteiger partial charge in [-0.1, -0.05) is 81.7 Å². The maximum atomic E-state index is 5.67. The first kappa shape index (κ1) is 13.0. The molecule has 0 atom stereocenters. The van der Waals surface area contributed by atoms with Crippen LogP contribution in [0.15, 0.2) is 18.2 Å². The van der Waals surface area contributed by atoms with Crippen LogP contribution in [-0.4, -0.2) is 0 Å². The Morgan fingerprint density at radius 2 is 1.50 bits per heavy atom. The molecule has 0 nitrogen and oxygen atoms in total. The number of benzene rings is 1. The van der Waals surface area contributed by atoms with Gasteiger partial charge in [0.25, 0.3) is 0 Å². The second kappa shape index (κ2) is 4.45. The van der Waals surface area contributed by atoms with Gasteiger partial charge in [-0.3, -0.25) is 0 Å². The molecule has 14 heavy (non-hydrogen) atoms. The van der Waals surface area contributed by atoms with Crippen molar-refractivity contribution in [2.45, 2.75) is 7.59 Å². The van der Waals surface area contributed by atoms with Crippen molar-refractivity contribution in [3.63, 3.8) is 0 Å². The van der Waals surface area contributed by atoms with Crippen LogP contribution in [0.2, 0.25) is 0 Å². The molecule has 1 aromatic carbocycles. The zero-order chi connectivity index (χ0) is 11.0. The van der Waals surface area contributed by atoms with E-state index in [9.17, 15) is 0 Å². The molecule has 0 aromatic heterocycles. The second-order valence-electron chi connectivity index (χ2n) is 2.49. The normalized spacial score (nSPS) is 13.0. The Bertz CT molecular complexity index is 292. The van der Waals surface area contributed by atoms with E-state index >= 15 is 0 Å². The zero-order valence-electron chi connectivity index (χ0n) is 6.50. The molecule has 1 aromatic rings. The molecular formula is C8H3Cl6. The summed E-state index contributed by atoms with van der Waals surface area (Å²) in [6.07, 6.45) is 0. The first-order chi connectivity index (χ1) is 6.21. The first-order valence-corrected chi connectivity index (χ1v) is 5.64. The molecule has 0 aliphatic rings. The maximum absolute atomic E-state index is 5.67. The highest BCUT2D eigenvalue weighted by Gasteiger charge is 2.28. The average Bonchev–Trinajstić information content (AvgIpc) is 2.01. The van der Waals surface area contributed by atoms with Crippen molar-refractivity contribution in [2.24, 2.45) is 0 Å². The van der Waals surface area contributed by atoms with Gasteiger partial charge in [-0.25, -0.2) is 0 Å². The van der Waals surface area contributed by atoms with Gasteiger partial charge in [0.1, 0.15) is 0 Å². The molecule has 1 radical (unpaired) electrons. The van der Waals surface area contributed by atoms with Crippen molar-refractivity contribution in [1.82, 2.24) is 0 Å². The molecule has 0 spiro atoms. The molecule has 0 saturated carbocycles. The Morgan fingerprint density at radius 3 is 1.93 bits per heavy atom. The standard InChI is InChI=1S/C8H3Cl6/c9-7(10,11)5-2-1-3-6(4-5)8(12,13)14/h1-2,4H. The van der Waals surface area contributed by atoms with Crippen molar-refractivity contribution < 1.29 is 0 Å². The summed E-state index contributed by atoms with van der Waals surface area (Å²) in [5.74, 6) is 0. The predicted octanol–water partition coefficient (Wildman–Crippen LogP) is 5.14. The summed E-state index contributed by atoms with van der Waals surface area (Å²) in [4.78, 5) is 0. The predicted molar refractivity (Wildman–Crippen MR) is 63.8 cm³/mol. The summed E-state index contributed by atoms with van der Waals surface area (Å²) in [5, 5.41) is 0. The van der Waals surface area contributed by atoms with Gasteiger partial charge in [-0.05, 0) is 12.1 Å². The van der Waals surface area contributed by atoms with Crippen LogP contribution in [0.25, 0.3) is 0 Å². The van der Waals surface area contributed by atoms with E-state index in [0.29, 0.717) is 11.1 Å². The first-order valence-electron chi connectivity index (χ1n) is 3.37. The molecule has 0 aliphatic carbocycles. The third kappa shape index (κ3) is 3.52. The number of halogens is 6. The monoisotopic (exact) mass is 309 g/mol. The van der Waals surface area contributed by atoms with Crippen molar-refractivity contribution in [3.05, 3.63) is 35.4 Å². The van der Waals surface area contributed by atoms with E-state index in [1.165, 1.54) is 12.1 Å². The van der Waals surface area contributed by atoms with Crippen molar-refractivity contribution >= 4 is 69.6 Å². The minimum Gasteiger partial charge on any atom is -0.0784 e. The molecule has 77 valence electrons. The van der Waals surface area contributed by atoms with Gasteiger partial charge in [0.15, 0.2) is 0 Å². The smallest absolute Gasteiger partial charge is 0.0784 e. The Hall–Kier alpha value is 0.960. The largest absolute Gasteiger partial charge is 0.216 e. The fourth-order valence-electron chi connectivity index (χ4n) is 0.806. The van der Waals surface area contributed by atoms with Crippen molar-refractivity contribution in [2.75, 3.05) is 0 Å². The summed E-state index contributed by atoms with van der Waals surface area (Å²) in [5.41, 5.74) is 0.772. The fourth-order valence-corrected chi connectivity index (χ4v) is 1.49. The molecule has 0 heterocycles. The number of alkyl halides is 6. The van der Waals surface area contributed by atoms with E-state index in [0.717, 1.165) is 0 Å². The van der Waals surface area contributed by atoms with Crippen LogP contribution in [0.3, 0.4) is 0 Å². The highest BCUT2D eigenvalue weighted by atomic mass is 35.6. The van der Waals surface area contributed by atoms with Crippen LogP contribution in [0.5, 0.6) is 0 Å². The zero-order valence-corrected chi connectivity index (χ0v) is 11.0. The minimum absolute atomic E-state index is 0.339. The summed E-state index contributed by atoms with van der Waals surface area (Å²) in [7, 11) is 0. The van der Waals surface area contributed by atoms with E-state index in [2.05, 4.69) is 6.07 Å². The lowest BCUT2D eigenvalue weighted by Gasteiger charge is -2.15. The average molecular weight is 312 g/mol. The minimum atomic E-state index is -1.56. The van der Waals surface area contributed by atoms with Gasteiger partial charge in [0.2, 0.25) is 7.59 Å².